The minimum absolute atomic E-state index is 0.642. The molecule has 0 unspecified atom stereocenters. The second-order valence-electron chi connectivity index (χ2n) is 3.88. The molecular formula is C13H15BrN4OS. The summed E-state index contributed by atoms with van der Waals surface area (Å²) in [6.45, 7) is 2.94. The quantitative estimate of drug-likeness (QED) is 0.799. The van der Waals surface area contributed by atoms with Gasteiger partial charge in [0.2, 0.25) is 0 Å². The lowest BCUT2D eigenvalue weighted by Gasteiger charge is -2.12. The van der Waals surface area contributed by atoms with Crippen LogP contribution in [0.25, 0.3) is 0 Å². The van der Waals surface area contributed by atoms with Gasteiger partial charge in [0.05, 0.1) is 11.6 Å². The van der Waals surface area contributed by atoms with E-state index in [9.17, 15) is 0 Å². The number of hydrogen-bond donors (Lipinski definition) is 1. The fourth-order valence-electron chi connectivity index (χ4n) is 1.52. The lowest BCUT2D eigenvalue weighted by Crippen LogP contribution is -2.05. The van der Waals surface area contributed by atoms with Crippen LogP contribution in [-0.4, -0.2) is 28.6 Å². The van der Waals surface area contributed by atoms with Crippen LogP contribution in [-0.2, 0) is 0 Å². The SMILES string of the molecule is CCCNc1ncnc(Sc2ncccc2Br)c1OC. The van der Waals surface area contributed by atoms with Crippen molar-refractivity contribution in [3.8, 4) is 5.75 Å². The Balaban J connectivity index is 2.29. The third-order valence-electron chi connectivity index (χ3n) is 2.44. The monoisotopic (exact) mass is 354 g/mol. The van der Waals surface area contributed by atoms with Crippen LogP contribution < -0.4 is 10.1 Å². The Morgan fingerprint density at radius 1 is 1.30 bits per heavy atom. The number of pyridine rings is 1. The van der Waals surface area contributed by atoms with E-state index in [2.05, 4.69) is 43.1 Å². The van der Waals surface area contributed by atoms with Gasteiger partial charge in [-0.3, -0.25) is 0 Å². The molecule has 0 amide bonds. The first kappa shape index (κ1) is 15.1. The van der Waals surface area contributed by atoms with Crippen LogP contribution in [0.5, 0.6) is 5.75 Å². The largest absolute Gasteiger partial charge is 0.490 e. The summed E-state index contributed by atoms with van der Waals surface area (Å²) in [4.78, 5) is 12.8. The molecule has 0 bridgehead atoms. The maximum Gasteiger partial charge on any atom is 0.194 e. The summed E-state index contributed by atoms with van der Waals surface area (Å²) in [5.41, 5.74) is 0. The molecular weight excluding hydrogens is 340 g/mol. The molecule has 0 aromatic carbocycles. The first-order valence-electron chi connectivity index (χ1n) is 6.17. The second kappa shape index (κ2) is 7.44. The Kier molecular flexibility index (Phi) is 5.60. The lowest BCUT2D eigenvalue weighted by molar-refractivity contribution is 0.400. The molecule has 0 aliphatic carbocycles. The molecule has 2 aromatic heterocycles. The Morgan fingerprint density at radius 3 is 2.85 bits per heavy atom. The standard InChI is InChI=1S/C13H15BrN4OS/c1-3-6-15-11-10(19-2)13(18-8-17-11)20-12-9(14)5-4-7-16-12/h4-5,7-8H,3,6H2,1-2H3,(H,15,17,18). The van der Waals surface area contributed by atoms with E-state index >= 15 is 0 Å². The van der Waals surface area contributed by atoms with E-state index in [-0.39, 0.29) is 0 Å². The number of nitrogens with zero attached hydrogens (tertiary/aromatic N) is 3. The van der Waals surface area contributed by atoms with Gasteiger partial charge in [0.1, 0.15) is 11.4 Å². The highest BCUT2D eigenvalue weighted by Crippen LogP contribution is 2.38. The summed E-state index contributed by atoms with van der Waals surface area (Å²) < 4.78 is 6.36. The van der Waals surface area contributed by atoms with Gasteiger partial charge < -0.3 is 10.1 Å². The van der Waals surface area contributed by atoms with E-state index in [1.165, 1.54) is 18.1 Å². The van der Waals surface area contributed by atoms with Crippen LogP contribution in [0.4, 0.5) is 5.82 Å². The number of anilines is 1. The molecule has 0 spiro atoms. The van der Waals surface area contributed by atoms with Gasteiger partial charge in [-0.05, 0) is 46.2 Å². The maximum absolute atomic E-state index is 5.43. The van der Waals surface area contributed by atoms with Gasteiger partial charge in [-0.15, -0.1) is 0 Å². The Labute approximate surface area is 130 Å². The molecule has 2 heterocycles. The molecule has 0 saturated heterocycles. The smallest absolute Gasteiger partial charge is 0.194 e. The van der Waals surface area contributed by atoms with Crippen LogP contribution in [0.1, 0.15) is 13.3 Å². The van der Waals surface area contributed by atoms with E-state index in [4.69, 9.17) is 4.74 Å². The lowest BCUT2D eigenvalue weighted by atomic mass is 10.4. The van der Waals surface area contributed by atoms with Crippen molar-refractivity contribution in [2.75, 3.05) is 19.0 Å². The topological polar surface area (TPSA) is 59.9 Å². The summed E-state index contributed by atoms with van der Waals surface area (Å²) in [5.74, 6) is 1.35. The van der Waals surface area contributed by atoms with E-state index in [1.54, 1.807) is 13.3 Å². The number of hydrogen-bond acceptors (Lipinski definition) is 6. The highest BCUT2D eigenvalue weighted by atomic mass is 79.9. The van der Waals surface area contributed by atoms with Crippen LogP contribution in [0, 0.1) is 0 Å². The summed E-state index contributed by atoms with van der Waals surface area (Å²) >= 11 is 4.92. The highest BCUT2D eigenvalue weighted by molar-refractivity contribution is 9.10. The van der Waals surface area contributed by atoms with Crippen LogP contribution in [0.2, 0.25) is 0 Å². The number of halogens is 1. The van der Waals surface area contributed by atoms with Crippen LogP contribution in [0.3, 0.4) is 0 Å². The average Bonchev–Trinajstić information content (AvgIpc) is 2.47. The van der Waals surface area contributed by atoms with Crippen LogP contribution >= 0.6 is 27.7 Å². The van der Waals surface area contributed by atoms with Crippen molar-refractivity contribution in [1.82, 2.24) is 15.0 Å². The molecule has 1 N–H and O–H groups in total. The predicted octanol–water partition coefficient (Wildman–Crippen LogP) is 3.62. The third kappa shape index (κ3) is 3.61. The minimum Gasteiger partial charge on any atom is -0.490 e. The molecule has 5 nitrogen and oxygen atoms in total. The molecule has 2 rings (SSSR count). The van der Waals surface area contributed by atoms with Gasteiger partial charge >= 0.3 is 0 Å². The zero-order valence-corrected chi connectivity index (χ0v) is 13.7. The van der Waals surface area contributed by atoms with Crippen LogP contribution in [0.15, 0.2) is 39.2 Å². The molecule has 0 atom stereocenters. The molecule has 2 aromatic rings. The fourth-order valence-corrected chi connectivity index (χ4v) is 2.85. The van der Waals surface area contributed by atoms with Crippen molar-refractivity contribution in [1.29, 1.82) is 0 Å². The number of methoxy groups -OCH3 is 1. The number of aromatic nitrogens is 3. The molecule has 0 fully saturated rings. The number of rotatable bonds is 6. The number of ether oxygens (including phenoxy) is 1. The molecule has 7 heteroatoms. The summed E-state index contributed by atoms with van der Waals surface area (Å²) in [7, 11) is 1.62. The minimum atomic E-state index is 0.642. The van der Waals surface area contributed by atoms with E-state index in [1.807, 2.05) is 12.1 Å². The Morgan fingerprint density at radius 2 is 2.15 bits per heavy atom. The number of nitrogens with one attached hydrogen (secondary N) is 1. The van der Waals surface area contributed by atoms with Crippen molar-refractivity contribution in [3.05, 3.63) is 29.1 Å². The van der Waals surface area contributed by atoms with Gasteiger partial charge in [0.25, 0.3) is 0 Å². The summed E-state index contributed by atoms with van der Waals surface area (Å²) in [6.07, 6.45) is 4.29. The first-order chi connectivity index (χ1) is 9.76. The molecule has 0 radical (unpaired) electrons. The molecule has 0 aliphatic rings. The first-order valence-corrected chi connectivity index (χ1v) is 7.78. The third-order valence-corrected chi connectivity index (χ3v) is 4.34. The van der Waals surface area contributed by atoms with Gasteiger partial charge in [-0.25, -0.2) is 15.0 Å². The fraction of sp³-hybridized carbons (Fsp3) is 0.308. The molecule has 106 valence electrons. The van der Waals surface area contributed by atoms with E-state index < -0.39 is 0 Å². The summed E-state index contributed by atoms with van der Waals surface area (Å²) in [5, 5.41) is 4.81. The summed E-state index contributed by atoms with van der Waals surface area (Å²) in [6, 6.07) is 3.82. The predicted molar refractivity (Wildman–Crippen MR) is 83.4 cm³/mol. The zero-order valence-electron chi connectivity index (χ0n) is 11.3. The highest BCUT2D eigenvalue weighted by Gasteiger charge is 2.14. The van der Waals surface area contributed by atoms with E-state index in [0.29, 0.717) is 11.6 Å². The molecule has 20 heavy (non-hydrogen) atoms. The Bertz CT molecular complexity index is 582. The Hall–Kier alpha value is -1.34. The maximum atomic E-state index is 5.43. The van der Waals surface area contributed by atoms with Crippen molar-refractivity contribution in [2.24, 2.45) is 0 Å². The van der Waals surface area contributed by atoms with Crippen molar-refractivity contribution >= 4 is 33.5 Å². The average molecular weight is 355 g/mol. The van der Waals surface area contributed by atoms with Crippen molar-refractivity contribution < 1.29 is 4.74 Å². The van der Waals surface area contributed by atoms with Gasteiger partial charge in [0, 0.05) is 12.7 Å². The van der Waals surface area contributed by atoms with Crippen molar-refractivity contribution in [2.45, 2.75) is 23.4 Å². The van der Waals surface area contributed by atoms with Gasteiger partial charge in [-0.2, -0.15) is 0 Å². The van der Waals surface area contributed by atoms with Crippen molar-refractivity contribution in [3.63, 3.8) is 0 Å². The van der Waals surface area contributed by atoms with E-state index in [0.717, 1.165) is 27.5 Å². The normalized spacial score (nSPS) is 10.3. The molecule has 0 aliphatic heterocycles. The van der Waals surface area contributed by atoms with Gasteiger partial charge in [-0.1, -0.05) is 6.92 Å². The zero-order chi connectivity index (χ0) is 14.4. The van der Waals surface area contributed by atoms with Gasteiger partial charge in [0.15, 0.2) is 16.6 Å². The molecule has 0 saturated carbocycles. The second-order valence-corrected chi connectivity index (χ2v) is 5.71.